The number of ether oxygens (including phenoxy) is 1. The van der Waals surface area contributed by atoms with Crippen molar-refractivity contribution in [2.24, 2.45) is 0 Å². The van der Waals surface area contributed by atoms with Gasteiger partial charge >= 0.3 is 11.6 Å². The lowest BCUT2D eigenvalue weighted by atomic mass is 10.1. The van der Waals surface area contributed by atoms with Gasteiger partial charge in [0.25, 0.3) is 11.4 Å². The summed E-state index contributed by atoms with van der Waals surface area (Å²) in [6.45, 7) is 1.19. The van der Waals surface area contributed by atoms with Crippen molar-refractivity contribution in [2.45, 2.75) is 19.9 Å². The number of nitro groups is 3. The van der Waals surface area contributed by atoms with Gasteiger partial charge in [-0.2, -0.15) is 0 Å². The molecule has 0 fully saturated rings. The minimum Gasteiger partial charge on any atom is -0.475 e. The minimum atomic E-state index is -0.785. The predicted molar refractivity (Wildman–Crippen MR) is 93.2 cm³/mol. The van der Waals surface area contributed by atoms with Crippen molar-refractivity contribution >= 4 is 28.7 Å². The van der Waals surface area contributed by atoms with Gasteiger partial charge in [0.15, 0.2) is 0 Å². The minimum absolute atomic E-state index is 0.0495. The Bertz CT molecular complexity index is 934. The van der Waals surface area contributed by atoms with Gasteiger partial charge in [-0.25, -0.2) is 0 Å². The van der Waals surface area contributed by atoms with Gasteiger partial charge in [0.05, 0.1) is 34.1 Å². The Morgan fingerprint density at radius 3 is 2.07 bits per heavy atom. The smallest absolute Gasteiger partial charge is 0.350 e. The maximum atomic E-state index is 12.1. The van der Waals surface area contributed by atoms with Gasteiger partial charge in [-0.1, -0.05) is 0 Å². The highest BCUT2D eigenvalue weighted by atomic mass is 16.6. The van der Waals surface area contributed by atoms with Crippen LogP contribution >= 0.6 is 0 Å². The maximum absolute atomic E-state index is 12.1. The van der Waals surface area contributed by atoms with Crippen molar-refractivity contribution in [1.29, 1.82) is 0 Å². The Morgan fingerprint density at radius 2 is 1.64 bits per heavy atom. The van der Waals surface area contributed by atoms with Crippen molar-refractivity contribution in [1.82, 2.24) is 9.78 Å². The first-order chi connectivity index (χ1) is 13.1. The number of carbonyl (C=O) groups is 1. The van der Waals surface area contributed by atoms with E-state index in [4.69, 9.17) is 4.74 Å². The van der Waals surface area contributed by atoms with Crippen molar-refractivity contribution in [3.05, 3.63) is 54.2 Å². The summed E-state index contributed by atoms with van der Waals surface area (Å²) in [5.41, 5.74) is -1.62. The van der Waals surface area contributed by atoms with Crippen LogP contribution < -0.4 is 10.1 Å². The van der Waals surface area contributed by atoms with Crippen molar-refractivity contribution in [2.75, 3.05) is 12.4 Å². The lowest BCUT2D eigenvalue weighted by molar-refractivity contribution is -0.395. The molecule has 0 radical (unpaired) electrons. The highest BCUT2D eigenvalue weighted by molar-refractivity contribution is 5.91. The number of aromatic nitrogens is 2. The molecule has 0 aliphatic heterocycles. The van der Waals surface area contributed by atoms with Gasteiger partial charge in [0, 0.05) is 18.6 Å². The molecule has 0 spiro atoms. The molecule has 1 N–H and O–H groups in total. The van der Waals surface area contributed by atoms with Crippen molar-refractivity contribution in [3.8, 4) is 5.88 Å². The van der Waals surface area contributed by atoms with Crippen LogP contribution in [-0.4, -0.2) is 37.6 Å². The van der Waals surface area contributed by atoms with E-state index in [-0.39, 0.29) is 35.8 Å². The van der Waals surface area contributed by atoms with Crippen LogP contribution in [0.5, 0.6) is 5.88 Å². The van der Waals surface area contributed by atoms with Gasteiger partial charge in [0.2, 0.25) is 5.91 Å². The van der Waals surface area contributed by atoms with Crippen LogP contribution in [0.15, 0.2) is 18.3 Å². The summed E-state index contributed by atoms with van der Waals surface area (Å²) >= 11 is 0. The van der Waals surface area contributed by atoms with Gasteiger partial charge < -0.3 is 10.1 Å². The fourth-order valence-corrected chi connectivity index (χ4v) is 2.35. The molecule has 0 unspecified atom stereocenters. The van der Waals surface area contributed by atoms with E-state index in [1.165, 1.54) is 14.0 Å². The zero-order chi connectivity index (χ0) is 21.0. The highest BCUT2D eigenvalue weighted by Gasteiger charge is 2.24. The van der Waals surface area contributed by atoms with E-state index in [0.717, 1.165) is 23.0 Å². The summed E-state index contributed by atoms with van der Waals surface area (Å²) in [4.78, 5) is 42.8. The number of anilines is 1. The first kappa shape index (κ1) is 20.2. The van der Waals surface area contributed by atoms with Gasteiger partial charge in [-0.05, 0) is 6.92 Å². The predicted octanol–water partition coefficient (Wildman–Crippen LogP) is 1.95. The standard InChI is InChI=1S/C14H14N6O8/c1-8-10(18(22)23)5-9(6-11(8)19(24)25)15-13(21)3-4-17-7-12(20(26)27)14(16-17)28-2/h5-7H,3-4H2,1-2H3,(H,15,21). The molecule has 28 heavy (non-hydrogen) atoms. The Morgan fingerprint density at radius 1 is 1.11 bits per heavy atom. The third-order valence-electron chi connectivity index (χ3n) is 3.70. The van der Waals surface area contributed by atoms with Crippen LogP contribution in [0.4, 0.5) is 22.7 Å². The summed E-state index contributed by atoms with van der Waals surface area (Å²) in [5.74, 6) is -0.834. The molecule has 0 bridgehead atoms. The number of hydrogen-bond donors (Lipinski definition) is 1. The summed E-state index contributed by atoms with van der Waals surface area (Å²) in [5, 5.41) is 39.1. The fourth-order valence-electron chi connectivity index (χ4n) is 2.35. The first-order valence-electron chi connectivity index (χ1n) is 7.63. The molecule has 148 valence electrons. The number of nitro benzene ring substituents is 2. The maximum Gasteiger partial charge on any atom is 0.350 e. The van der Waals surface area contributed by atoms with Crippen LogP contribution in [0.2, 0.25) is 0 Å². The summed E-state index contributed by atoms with van der Waals surface area (Å²) in [6.07, 6.45) is 0.894. The molecule has 1 amide bonds. The molecule has 2 aromatic rings. The number of aryl methyl sites for hydroxylation is 1. The monoisotopic (exact) mass is 394 g/mol. The average Bonchev–Trinajstić information content (AvgIpc) is 3.04. The van der Waals surface area contributed by atoms with Crippen LogP contribution in [0, 0.1) is 37.3 Å². The van der Waals surface area contributed by atoms with E-state index >= 15 is 0 Å². The number of benzene rings is 1. The molecule has 0 saturated heterocycles. The summed E-state index contributed by atoms with van der Waals surface area (Å²) in [7, 11) is 1.21. The van der Waals surface area contributed by atoms with E-state index in [1.807, 2.05) is 0 Å². The van der Waals surface area contributed by atoms with Crippen LogP contribution in [-0.2, 0) is 11.3 Å². The van der Waals surface area contributed by atoms with E-state index in [2.05, 4.69) is 10.4 Å². The fraction of sp³-hybridized carbons (Fsp3) is 0.286. The zero-order valence-corrected chi connectivity index (χ0v) is 14.6. The second kappa shape index (κ2) is 8.07. The van der Waals surface area contributed by atoms with E-state index in [1.54, 1.807) is 0 Å². The van der Waals surface area contributed by atoms with Crippen molar-refractivity contribution < 1.29 is 24.3 Å². The molecular formula is C14H14N6O8. The number of nitrogens with zero attached hydrogens (tertiary/aromatic N) is 5. The summed E-state index contributed by atoms with van der Waals surface area (Å²) < 4.78 is 5.91. The lowest BCUT2D eigenvalue weighted by Gasteiger charge is -2.07. The largest absolute Gasteiger partial charge is 0.475 e. The molecule has 1 heterocycles. The lowest BCUT2D eigenvalue weighted by Crippen LogP contribution is -2.15. The molecule has 14 nitrogen and oxygen atoms in total. The number of hydrogen-bond acceptors (Lipinski definition) is 9. The van der Waals surface area contributed by atoms with Gasteiger partial charge in [-0.15, -0.1) is 5.10 Å². The average molecular weight is 394 g/mol. The second-order valence-corrected chi connectivity index (χ2v) is 5.50. The van der Waals surface area contributed by atoms with E-state index in [0.29, 0.717) is 0 Å². The van der Waals surface area contributed by atoms with E-state index in [9.17, 15) is 35.1 Å². The first-order valence-corrected chi connectivity index (χ1v) is 7.63. The molecule has 14 heteroatoms. The second-order valence-electron chi connectivity index (χ2n) is 5.50. The normalized spacial score (nSPS) is 10.4. The molecule has 0 aliphatic rings. The number of rotatable bonds is 8. The third kappa shape index (κ3) is 4.35. The molecule has 2 rings (SSSR count). The molecule has 0 saturated carbocycles. The highest BCUT2D eigenvalue weighted by Crippen LogP contribution is 2.31. The Labute approximate surface area is 156 Å². The van der Waals surface area contributed by atoms with Crippen LogP contribution in [0.3, 0.4) is 0 Å². The molecule has 1 aromatic heterocycles. The molecular weight excluding hydrogens is 380 g/mol. The number of nitrogens with one attached hydrogen (secondary N) is 1. The Hall–Kier alpha value is -4.10. The van der Waals surface area contributed by atoms with Crippen LogP contribution in [0.1, 0.15) is 12.0 Å². The zero-order valence-electron chi connectivity index (χ0n) is 14.6. The van der Waals surface area contributed by atoms with Gasteiger partial charge in [0.1, 0.15) is 11.8 Å². The van der Waals surface area contributed by atoms with Gasteiger partial charge in [-0.3, -0.25) is 39.8 Å². The number of amides is 1. The Kier molecular flexibility index (Phi) is 5.82. The quantitative estimate of drug-likeness (QED) is 0.515. The summed E-state index contributed by atoms with van der Waals surface area (Å²) in [6, 6.07) is 2.03. The molecule has 1 aromatic carbocycles. The Balaban J connectivity index is 2.14. The number of methoxy groups -OCH3 is 1. The van der Waals surface area contributed by atoms with E-state index < -0.39 is 32.1 Å². The topological polar surface area (TPSA) is 186 Å². The van der Waals surface area contributed by atoms with Crippen molar-refractivity contribution in [3.63, 3.8) is 0 Å². The molecule has 0 atom stereocenters. The third-order valence-corrected chi connectivity index (χ3v) is 3.70. The SMILES string of the molecule is COc1nn(CCC(=O)Nc2cc([N+](=O)[O-])c(C)c([N+](=O)[O-])c2)cc1[N+](=O)[O-]. The molecule has 0 aliphatic carbocycles. The van der Waals surface area contributed by atoms with Crippen LogP contribution in [0.25, 0.3) is 0 Å². The number of carbonyl (C=O) groups excluding carboxylic acids is 1.